The molecule has 1 N–H and O–H groups in total. The molecule has 0 aliphatic heterocycles. The van der Waals surface area contributed by atoms with Crippen LogP contribution in [0.4, 0.5) is 11.4 Å². The Morgan fingerprint density at radius 3 is 1.96 bits per heavy atom. The van der Waals surface area contributed by atoms with E-state index in [0.29, 0.717) is 18.1 Å². The summed E-state index contributed by atoms with van der Waals surface area (Å²) in [6, 6.07) is 8.33. The summed E-state index contributed by atoms with van der Waals surface area (Å²) in [6.45, 7) is 14.7. The first-order valence-corrected chi connectivity index (χ1v) is 9.91. The Balaban J connectivity index is 2.40. The van der Waals surface area contributed by atoms with Crippen LogP contribution in [-0.4, -0.2) is 49.1 Å². The summed E-state index contributed by atoms with van der Waals surface area (Å²) in [5.74, 6) is 0.576. The Morgan fingerprint density at radius 1 is 0.852 bits per heavy atom. The van der Waals surface area contributed by atoms with Crippen molar-refractivity contribution in [3.8, 4) is 0 Å². The van der Waals surface area contributed by atoms with Gasteiger partial charge in [0.05, 0.1) is 29.4 Å². The molecule has 0 amide bonds. The Bertz CT molecular complexity index is 723. The fourth-order valence-corrected chi connectivity index (χ4v) is 3.21. The normalized spacial score (nSPS) is 15.4. The van der Waals surface area contributed by atoms with Gasteiger partial charge in [-0.05, 0) is 65.0 Å². The molecule has 0 radical (unpaired) electrons. The van der Waals surface area contributed by atoms with Crippen LogP contribution < -0.4 is 4.90 Å². The summed E-state index contributed by atoms with van der Waals surface area (Å²) in [5, 5.41) is 8.25. The highest BCUT2D eigenvalue weighted by Gasteiger charge is 2.21. The second-order valence-electron chi connectivity index (χ2n) is 6.24. The van der Waals surface area contributed by atoms with E-state index >= 15 is 0 Å². The van der Waals surface area contributed by atoms with E-state index in [4.69, 9.17) is 15.1 Å². The van der Waals surface area contributed by atoms with E-state index in [1.807, 2.05) is 19.1 Å². The van der Waals surface area contributed by atoms with Crippen molar-refractivity contribution in [1.82, 2.24) is 4.90 Å². The van der Waals surface area contributed by atoms with Gasteiger partial charge in [-0.2, -0.15) is 0 Å². The summed E-state index contributed by atoms with van der Waals surface area (Å²) in [4.78, 5) is 9.40. The lowest BCUT2D eigenvalue weighted by Crippen LogP contribution is -2.30. The molecule has 2 rings (SSSR count). The van der Waals surface area contributed by atoms with E-state index in [9.17, 15) is 0 Å². The zero-order valence-electron chi connectivity index (χ0n) is 17.2. The second-order valence-corrected chi connectivity index (χ2v) is 6.24. The molecule has 0 aromatic heterocycles. The van der Waals surface area contributed by atoms with Crippen molar-refractivity contribution in [2.45, 2.75) is 34.6 Å². The maximum absolute atomic E-state index is 8.25. The minimum atomic E-state index is 0.398. The molecule has 146 valence electrons. The van der Waals surface area contributed by atoms with Gasteiger partial charge in [0, 0.05) is 37.9 Å². The van der Waals surface area contributed by atoms with Crippen molar-refractivity contribution in [3.05, 3.63) is 47.9 Å². The Hall–Kier alpha value is -2.56. The topological polar surface area (TPSA) is 51.9 Å². The molecule has 1 aromatic carbocycles. The third-order valence-electron chi connectivity index (χ3n) is 4.71. The standard InChI is InChI=1S/C22H32N4O/c1-6-25(7-2)18-13-11-17(12-14-18)24-20-16-22(27-10-5)19(23)15-21(20)26(8-3)9-4/h11-16,23H,6-10H2,1-5H3. The Labute approximate surface area is 163 Å². The number of rotatable bonds is 9. The lowest BCUT2D eigenvalue weighted by Gasteiger charge is -2.27. The summed E-state index contributed by atoms with van der Waals surface area (Å²) in [6.07, 6.45) is 3.75. The van der Waals surface area contributed by atoms with Gasteiger partial charge in [0.15, 0.2) is 0 Å². The van der Waals surface area contributed by atoms with Crippen molar-refractivity contribution in [2.24, 2.45) is 4.99 Å². The third-order valence-corrected chi connectivity index (χ3v) is 4.71. The van der Waals surface area contributed by atoms with Gasteiger partial charge in [-0.15, -0.1) is 0 Å². The SMILES string of the molecule is CCOC1=CC(=Nc2ccc(N(CC)CC)cc2)C(N(CC)CC)=CC1=N. The molecule has 27 heavy (non-hydrogen) atoms. The Morgan fingerprint density at radius 2 is 1.44 bits per heavy atom. The van der Waals surface area contributed by atoms with Gasteiger partial charge in [-0.3, -0.25) is 5.41 Å². The first kappa shape index (κ1) is 20.7. The lowest BCUT2D eigenvalue weighted by molar-refractivity contribution is 0.249. The van der Waals surface area contributed by atoms with Crippen LogP contribution in [0.3, 0.4) is 0 Å². The number of ether oxygens (including phenoxy) is 1. The molecular formula is C22H32N4O. The number of allylic oxidation sites excluding steroid dienone is 2. The molecule has 0 atom stereocenters. The van der Waals surface area contributed by atoms with E-state index in [1.54, 1.807) is 0 Å². The molecule has 0 fully saturated rings. The largest absolute Gasteiger partial charge is 0.492 e. The molecule has 1 aliphatic carbocycles. The van der Waals surface area contributed by atoms with Crippen LogP contribution in [0.1, 0.15) is 34.6 Å². The van der Waals surface area contributed by atoms with Gasteiger partial charge < -0.3 is 14.5 Å². The molecule has 0 saturated carbocycles. The van der Waals surface area contributed by atoms with Crippen LogP contribution in [0, 0.1) is 5.41 Å². The number of aliphatic imine (C=N–C) groups is 1. The number of nitrogens with zero attached hydrogens (tertiary/aromatic N) is 3. The fraction of sp³-hybridized carbons (Fsp3) is 0.455. The van der Waals surface area contributed by atoms with Crippen LogP contribution in [0.5, 0.6) is 0 Å². The van der Waals surface area contributed by atoms with Gasteiger partial charge >= 0.3 is 0 Å². The smallest absolute Gasteiger partial charge is 0.146 e. The molecular weight excluding hydrogens is 336 g/mol. The number of nitrogens with one attached hydrogen (secondary N) is 1. The summed E-state index contributed by atoms with van der Waals surface area (Å²) in [7, 11) is 0. The maximum atomic E-state index is 8.25. The minimum absolute atomic E-state index is 0.398. The first-order valence-electron chi connectivity index (χ1n) is 9.91. The summed E-state index contributed by atoms with van der Waals surface area (Å²) in [5.41, 5.74) is 4.32. The Kier molecular flexibility index (Phi) is 7.65. The van der Waals surface area contributed by atoms with E-state index in [-0.39, 0.29) is 0 Å². The molecule has 5 nitrogen and oxygen atoms in total. The van der Waals surface area contributed by atoms with Crippen molar-refractivity contribution >= 4 is 22.8 Å². The predicted octanol–water partition coefficient (Wildman–Crippen LogP) is 4.78. The average molecular weight is 369 g/mol. The van der Waals surface area contributed by atoms with Gasteiger partial charge in [0.25, 0.3) is 0 Å². The maximum Gasteiger partial charge on any atom is 0.146 e. The first-order chi connectivity index (χ1) is 13.1. The molecule has 0 spiro atoms. The molecule has 0 unspecified atom stereocenters. The summed E-state index contributed by atoms with van der Waals surface area (Å²) < 4.78 is 5.62. The predicted molar refractivity (Wildman–Crippen MR) is 116 cm³/mol. The van der Waals surface area contributed by atoms with Gasteiger partial charge in [-0.1, -0.05) is 0 Å². The van der Waals surface area contributed by atoms with Crippen molar-refractivity contribution < 1.29 is 4.74 Å². The highest BCUT2D eigenvalue weighted by Crippen LogP contribution is 2.24. The lowest BCUT2D eigenvalue weighted by atomic mass is 10.0. The monoisotopic (exact) mass is 368 g/mol. The van der Waals surface area contributed by atoms with Crippen LogP contribution in [0.25, 0.3) is 0 Å². The van der Waals surface area contributed by atoms with Crippen LogP contribution in [-0.2, 0) is 4.74 Å². The van der Waals surface area contributed by atoms with E-state index in [1.165, 1.54) is 5.69 Å². The highest BCUT2D eigenvalue weighted by atomic mass is 16.5. The number of benzene rings is 1. The molecule has 5 heteroatoms. The van der Waals surface area contributed by atoms with Crippen molar-refractivity contribution in [2.75, 3.05) is 37.7 Å². The van der Waals surface area contributed by atoms with E-state index in [0.717, 1.165) is 43.3 Å². The molecule has 1 aliphatic rings. The van der Waals surface area contributed by atoms with Crippen molar-refractivity contribution in [1.29, 1.82) is 5.41 Å². The fourth-order valence-electron chi connectivity index (χ4n) is 3.21. The second kappa shape index (κ2) is 9.95. The molecule has 0 saturated heterocycles. The number of anilines is 1. The van der Waals surface area contributed by atoms with Gasteiger partial charge in [0.1, 0.15) is 5.76 Å². The molecule has 1 aromatic rings. The van der Waals surface area contributed by atoms with Gasteiger partial charge in [0.2, 0.25) is 0 Å². The number of hydrogen-bond acceptors (Lipinski definition) is 5. The van der Waals surface area contributed by atoms with Gasteiger partial charge in [-0.25, -0.2) is 4.99 Å². The minimum Gasteiger partial charge on any atom is -0.492 e. The zero-order valence-corrected chi connectivity index (χ0v) is 17.2. The quantitative estimate of drug-likeness (QED) is 0.638. The summed E-state index contributed by atoms with van der Waals surface area (Å²) >= 11 is 0. The molecule has 0 heterocycles. The zero-order chi connectivity index (χ0) is 19.8. The molecule has 0 bridgehead atoms. The average Bonchev–Trinajstić information content (AvgIpc) is 2.68. The van der Waals surface area contributed by atoms with Crippen LogP contribution >= 0.6 is 0 Å². The van der Waals surface area contributed by atoms with Crippen LogP contribution in [0.2, 0.25) is 0 Å². The van der Waals surface area contributed by atoms with Crippen molar-refractivity contribution in [3.63, 3.8) is 0 Å². The third kappa shape index (κ3) is 5.00. The van der Waals surface area contributed by atoms with E-state index < -0.39 is 0 Å². The number of hydrogen-bond donors (Lipinski definition) is 1. The van der Waals surface area contributed by atoms with E-state index in [2.05, 4.69) is 61.8 Å². The highest BCUT2D eigenvalue weighted by molar-refractivity contribution is 6.22. The van der Waals surface area contributed by atoms with Crippen LogP contribution in [0.15, 0.2) is 52.9 Å².